The molecule has 1 N–H and O–H groups in total. The summed E-state index contributed by atoms with van der Waals surface area (Å²) in [6.45, 7) is 5.86. The first-order valence-corrected chi connectivity index (χ1v) is 5.48. The number of fused-ring (bicyclic) bond motifs is 2. The lowest BCUT2D eigenvalue weighted by molar-refractivity contribution is -0.149. The molecule has 0 aromatic rings. The maximum atomic E-state index is 11.4. The molecule has 1 saturated carbocycles. The molecule has 0 aliphatic heterocycles. The molecular formula is C12H18O3. The van der Waals surface area contributed by atoms with Crippen LogP contribution in [-0.2, 0) is 9.53 Å². The van der Waals surface area contributed by atoms with E-state index < -0.39 is 11.4 Å². The van der Waals surface area contributed by atoms with Crippen LogP contribution in [0, 0.1) is 11.3 Å². The molecule has 0 saturated heterocycles. The minimum Gasteiger partial charge on any atom is -0.492 e. The fraction of sp³-hybridized carbons (Fsp3) is 0.750. The van der Waals surface area contributed by atoms with Crippen molar-refractivity contribution in [3.8, 4) is 0 Å². The number of carboxylic acid groups (broad SMARTS) is 1. The molecule has 0 radical (unpaired) electrons. The molecule has 2 rings (SSSR count). The average Bonchev–Trinajstić information content (AvgIpc) is 2.58. The Hall–Kier alpha value is -0.990. The van der Waals surface area contributed by atoms with E-state index in [1.165, 1.54) is 0 Å². The highest BCUT2D eigenvalue weighted by Crippen LogP contribution is 2.55. The second kappa shape index (κ2) is 3.00. The minimum atomic E-state index is -0.724. The molecule has 0 spiro atoms. The molecule has 2 atom stereocenters. The molecule has 0 aromatic heterocycles. The quantitative estimate of drug-likeness (QED) is 0.762. The fourth-order valence-electron chi connectivity index (χ4n) is 2.58. The third kappa shape index (κ3) is 1.64. The third-order valence-corrected chi connectivity index (χ3v) is 3.24. The molecule has 3 nitrogen and oxygen atoms in total. The van der Waals surface area contributed by atoms with Gasteiger partial charge in [0, 0.05) is 0 Å². The van der Waals surface area contributed by atoms with E-state index in [0.717, 1.165) is 19.3 Å². The summed E-state index contributed by atoms with van der Waals surface area (Å²) in [6, 6.07) is 0. The van der Waals surface area contributed by atoms with E-state index in [0.29, 0.717) is 11.7 Å². The maximum absolute atomic E-state index is 11.4. The highest BCUT2D eigenvalue weighted by atomic mass is 16.5. The second-order valence-corrected chi connectivity index (χ2v) is 5.64. The average molecular weight is 210 g/mol. The van der Waals surface area contributed by atoms with Crippen molar-refractivity contribution in [1.82, 2.24) is 0 Å². The molecule has 84 valence electrons. The molecule has 0 heterocycles. The molecular weight excluding hydrogens is 192 g/mol. The third-order valence-electron chi connectivity index (χ3n) is 3.24. The molecule has 2 bridgehead atoms. The van der Waals surface area contributed by atoms with Crippen LogP contribution in [-0.4, -0.2) is 16.7 Å². The molecule has 0 amide bonds. The first kappa shape index (κ1) is 10.5. The van der Waals surface area contributed by atoms with Gasteiger partial charge in [0.15, 0.2) is 0 Å². The van der Waals surface area contributed by atoms with Crippen molar-refractivity contribution in [3.63, 3.8) is 0 Å². The SMILES string of the molecule is CC(C)(C)OC1=CC2CCC1(C(=O)O)C2. The first-order chi connectivity index (χ1) is 6.83. The van der Waals surface area contributed by atoms with Gasteiger partial charge in [0.2, 0.25) is 0 Å². The Bertz CT molecular complexity index is 324. The van der Waals surface area contributed by atoms with Gasteiger partial charge >= 0.3 is 5.97 Å². The predicted octanol–water partition coefficient (Wildman–Crippen LogP) is 2.57. The van der Waals surface area contributed by atoms with Gasteiger partial charge in [0.05, 0.1) is 0 Å². The van der Waals surface area contributed by atoms with Crippen LogP contribution in [0.1, 0.15) is 40.0 Å². The van der Waals surface area contributed by atoms with Gasteiger partial charge in [-0.05, 0) is 52.0 Å². The molecule has 0 aromatic carbocycles. The van der Waals surface area contributed by atoms with Crippen LogP contribution < -0.4 is 0 Å². The Morgan fingerprint density at radius 2 is 2.27 bits per heavy atom. The van der Waals surface area contributed by atoms with Crippen LogP contribution in [0.5, 0.6) is 0 Å². The summed E-state index contributed by atoms with van der Waals surface area (Å²) in [7, 11) is 0. The van der Waals surface area contributed by atoms with Gasteiger partial charge in [0.1, 0.15) is 16.8 Å². The zero-order chi connectivity index (χ0) is 11.3. The number of hydrogen-bond donors (Lipinski definition) is 1. The van der Waals surface area contributed by atoms with E-state index in [9.17, 15) is 9.90 Å². The van der Waals surface area contributed by atoms with Crippen molar-refractivity contribution >= 4 is 5.97 Å². The summed E-state index contributed by atoms with van der Waals surface area (Å²) in [5, 5.41) is 9.34. The number of aliphatic carboxylic acids is 1. The first-order valence-electron chi connectivity index (χ1n) is 5.48. The van der Waals surface area contributed by atoms with E-state index >= 15 is 0 Å². The predicted molar refractivity (Wildman–Crippen MR) is 56.3 cm³/mol. The highest BCUT2D eigenvalue weighted by molar-refractivity contribution is 5.79. The fourth-order valence-corrected chi connectivity index (χ4v) is 2.58. The highest BCUT2D eigenvalue weighted by Gasteiger charge is 2.54. The molecule has 2 aliphatic rings. The van der Waals surface area contributed by atoms with E-state index in [1.54, 1.807) is 0 Å². The van der Waals surface area contributed by atoms with Gasteiger partial charge in [-0.3, -0.25) is 4.79 Å². The topological polar surface area (TPSA) is 46.5 Å². The second-order valence-electron chi connectivity index (χ2n) is 5.64. The molecule has 2 unspecified atom stereocenters. The van der Waals surface area contributed by atoms with Crippen molar-refractivity contribution in [2.75, 3.05) is 0 Å². The lowest BCUT2D eigenvalue weighted by Gasteiger charge is -2.31. The Morgan fingerprint density at radius 3 is 2.73 bits per heavy atom. The van der Waals surface area contributed by atoms with E-state index in [-0.39, 0.29) is 5.60 Å². The molecule has 1 fully saturated rings. The molecule has 2 aliphatic carbocycles. The molecule has 15 heavy (non-hydrogen) atoms. The summed E-state index contributed by atoms with van der Waals surface area (Å²) in [6.07, 6.45) is 4.47. The van der Waals surface area contributed by atoms with Crippen molar-refractivity contribution in [2.24, 2.45) is 11.3 Å². The number of ether oxygens (including phenoxy) is 1. The Morgan fingerprint density at radius 1 is 1.60 bits per heavy atom. The Balaban J connectivity index is 2.25. The van der Waals surface area contributed by atoms with Crippen LogP contribution >= 0.6 is 0 Å². The van der Waals surface area contributed by atoms with Crippen molar-refractivity contribution in [1.29, 1.82) is 0 Å². The largest absolute Gasteiger partial charge is 0.492 e. The van der Waals surface area contributed by atoms with E-state index in [4.69, 9.17) is 4.74 Å². The lowest BCUT2D eigenvalue weighted by Crippen LogP contribution is -2.33. The zero-order valence-corrected chi connectivity index (χ0v) is 9.54. The van der Waals surface area contributed by atoms with E-state index in [1.807, 2.05) is 26.8 Å². The molecule has 3 heteroatoms. The maximum Gasteiger partial charge on any atom is 0.317 e. The van der Waals surface area contributed by atoms with Gasteiger partial charge in [0.25, 0.3) is 0 Å². The Kier molecular flexibility index (Phi) is 2.11. The van der Waals surface area contributed by atoms with Gasteiger partial charge in [-0.1, -0.05) is 0 Å². The van der Waals surface area contributed by atoms with Crippen molar-refractivity contribution < 1.29 is 14.6 Å². The monoisotopic (exact) mass is 210 g/mol. The smallest absolute Gasteiger partial charge is 0.317 e. The van der Waals surface area contributed by atoms with Crippen LogP contribution in [0.15, 0.2) is 11.8 Å². The number of carboxylic acids is 1. The normalized spacial score (nSPS) is 34.1. The van der Waals surface area contributed by atoms with Gasteiger partial charge < -0.3 is 9.84 Å². The van der Waals surface area contributed by atoms with Crippen molar-refractivity contribution in [3.05, 3.63) is 11.8 Å². The summed E-state index contributed by atoms with van der Waals surface area (Å²) in [4.78, 5) is 11.4. The van der Waals surface area contributed by atoms with Gasteiger partial charge in [-0.2, -0.15) is 0 Å². The van der Waals surface area contributed by atoms with Crippen LogP contribution in [0.2, 0.25) is 0 Å². The summed E-state index contributed by atoms with van der Waals surface area (Å²) >= 11 is 0. The Labute approximate surface area is 90.1 Å². The number of carbonyl (C=O) groups is 1. The minimum absolute atomic E-state index is 0.307. The van der Waals surface area contributed by atoms with Crippen LogP contribution in [0.4, 0.5) is 0 Å². The van der Waals surface area contributed by atoms with E-state index in [2.05, 4.69) is 0 Å². The van der Waals surface area contributed by atoms with Crippen LogP contribution in [0.25, 0.3) is 0 Å². The summed E-state index contributed by atoms with van der Waals surface area (Å²) < 4.78 is 5.78. The number of allylic oxidation sites excluding steroid dienone is 1. The van der Waals surface area contributed by atoms with Crippen LogP contribution in [0.3, 0.4) is 0 Å². The van der Waals surface area contributed by atoms with Crippen molar-refractivity contribution in [2.45, 2.75) is 45.6 Å². The van der Waals surface area contributed by atoms with Gasteiger partial charge in [-0.15, -0.1) is 0 Å². The summed E-state index contributed by atoms with van der Waals surface area (Å²) in [5.74, 6) is 0.384. The zero-order valence-electron chi connectivity index (χ0n) is 9.54. The lowest BCUT2D eigenvalue weighted by atomic mass is 9.85. The number of hydrogen-bond acceptors (Lipinski definition) is 2. The number of rotatable bonds is 2. The summed E-state index contributed by atoms with van der Waals surface area (Å²) in [5.41, 5.74) is -1.02. The van der Waals surface area contributed by atoms with Gasteiger partial charge in [-0.25, -0.2) is 0 Å². The standard InChI is InChI=1S/C12H18O3/c1-11(2,3)15-9-6-8-4-5-12(9,7-8)10(13)14/h6,8H,4-5,7H2,1-3H3,(H,13,14).